The Labute approximate surface area is 233 Å². The van der Waals surface area contributed by atoms with Crippen molar-refractivity contribution in [2.75, 3.05) is 24.7 Å². The van der Waals surface area contributed by atoms with Crippen molar-refractivity contribution in [1.29, 1.82) is 0 Å². The van der Waals surface area contributed by atoms with Crippen LogP contribution in [0, 0.1) is 0 Å². The number of hydrogen-bond donors (Lipinski definition) is 5. The predicted molar refractivity (Wildman–Crippen MR) is 136 cm³/mol. The molecule has 0 amide bonds. The van der Waals surface area contributed by atoms with Gasteiger partial charge >= 0.3 is 7.82 Å². The van der Waals surface area contributed by atoms with Crippen LogP contribution in [0.15, 0.2) is 23.8 Å². The van der Waals surface area contributed by atoms with Crippen LogP contribution in [0.1, 0.15) is 18.9 Å². The Morgan fingerprint density at radius 1 is 1.00 bits per heavy atom. The number of nitrogens with two attached hydrogens (primary N) is 2. The average molecular weight is 610 g/mol. The van der Waals surface area contributed by atoms with E-state index in [-0.39, 0.29) is 40.5 Å². The molecule has 19 nitrogen and oxygen atoms in total. The molecule has 4 aromatic rings. The molecule has 0 saturated carbocycles. The maximum atomic E-state index is 15.9. The lowest BCUT2D eigenvalue weighted by molar-refractivity contribution is -0.113. The molecule has 0 aromatic carbocycles. The van der Waals surface area contributed by atoms with Gasteiger partial charge in [0.2, 0.25) is 5.95 Å². The molecule has 0 aliphatic carbocycles. The first-order valence-electron chi connectivity index (χ1n) is 12.7. The number of phosphoric ester groups is 1. The maximum absolute atomic E-state index is 15.9. The molecule has 3 aliphatic heterocycles. The lowest BCUT2D eigenvalue weighted by Crippen LogP contribution is -2.39. The number of hydrogen-bond acceptors (Lipinski definition) is 15. The third-order valence-corrected chi connectivity index (χ3v) is 8.32. The van der Waals surface area contributed by atoms with Crippen molar-refractivity contribution in [1.82, 2.24) is 39.0 Å². The number of aliphatic hydroxyl groups is 1. The fraction of sp³-hybridized carbons (Fsp3) is 0.524. The molecule has 0 spiro atoms. The van der Waals surface area contributed by atoms with Crippen LogP contribution in [0.5, 0.6) is 0 Å². The highest BCUT2D eigenvalue weighted by molar-refractivity contribution is 7.47. The number of aliphatic hydroxyl groups excluding tert-OH is 1. The molecule has 7 heterocycles. The number of nitrogens with one attached hydrogen (secondary N) is 1. The number of ether oxygens (including phenoxy) is 3. The van der Waals surface area contributed by atoms with Gasteiger partial charge in [-0.3, -0.25) is 28.0 Å². The topological polar surface area (TPSA) is 263 Å². The fourth-order valence-electron chi connectivity index (χ4n) is 5.38. The number of phosphoric acid groups is 1. The van der Waals surface area contributed by atoms with Gasteiger partial charge < -0.3 is 35.7 Å². The monoisotopic (exact) mass is 610 g/mol. The zero-order chi connectivity index (χ0) is 29.3. The van der Waals surface area contributed by atoms with Crippen LogP contribution in [-0.2, 0) is 27.8 Å². The molecule has 3 saturated heterocycles. The van der Waals surface area contributed by atoms with Crippen LogP contribution < -0.4 is 17.0 Å². The summed E-state index contributed by atoms with van der Waals surface area (Å²) in [4.78, 5) is 45.3. The second-order valence-electron chi connectivity index (χ2n) is 9.94. The van der Waals surface area contributed by atoms with Crippen LogP contribution in [-0.4, -0.2) is 98.9 Å². The van der Waals surface area contributed by atoms with Crippen LogP contribution in [0.4, 0.5) is 16.2 Å². The third kappa shape index (κ3) is 4.52. The molecular weight excluding hydrogens is 586 g/mol. The van der Waals surface area contributed by atoms with Crippen LogP contribution in [0.25, 0.3) is 22.3 Å². The van der Waals surface area contributed by atoms with Gasteiger partial charge in [-0.1, -0.05) is 0 Å². The highest BCUT2D eigenvalue weighted by atomic mass is 31.2. The van der Waals surface area contributed by atoms with Crippen molar-refractivity contribution < 1.29 is 42.2 Å². The molecule has 0 radical (unpaired) electrons. The molecule has 7 N–H and O–H groups in total. The summed E-state index contributed by atoms with van der Waals surface area (Å²) < 4.78 is 59.8. The molecule has 42 heavy (non-hydrogen) atoms. The summed E-state index contributed by atoms with van der Waals surface area (Å²) in [6, 6.07) is 0. The van der Waals surface area contributed by atoms with Gasteiger partial charge in [-0.25, -0.2) is 28.9 Å². The fourth-order valence-corrected chi connectivity index (χ4v) is 6.31. The van der Waals surface area contributed by atoms with Crippen molar-refractivity contribution in [3.63, 3.8) is 0 Å². The largest absolute Gasteiger partial charge is 0.472 e. The predicted octanol–water partition coefficient (Wildman–Crippen LogP) is -1.09. The molecule has 3 fully saturated rings. The highest BCUT2D eigenvalue weighted by Gasteiger charge is 2.51. The zero-order valence-corrected chi connectivity index (χ0v) is 22.2. The number of anilines is 2. The number of halogens is 1. The van der Waals surface area contributed by atoms with Gasteiger partial charge in [-0.15, -0.1) is 0 Å². The number of nitrogen functional groups attached to an aromatic ring is 2. The van der Waals surface area contributed by atoms with Crippen molar-refractivity contribution in [3.05, 3.63) is 29.3 Å². The van der Waals surface area contributed by atoms with Crippen LogP contribution >= 0.6 is 7.82 Å². The van der Waals surface area contributed by atoms with E-state index in [0.717, 1.165) is 10.9 Å². The van der Waals surface area contributed by atoms with E-state index in [1.54, 1.807) is 0 Å². The summed E-state index contributed by atoms with van der Waals surface area (Å²) in [6.07, 6.45) is -6.76. The minimum absolute atomic E-state index is 0.0471. The number of aromatic nitrogens is 8. The Bertz CT molecular complexity index is 1770. The van der Waals surface area contributed by atoms with E-state index >= 15 is 4.39 Å². The average Bonchev–Trinajstić information content (AvgIpc) is 3.70. The van der Waals surface area contributed by atoms with E-state index in [1.807, 2.05) is 0 Å². The van der Waals surface area contributed by atoms with Crippen molar-refractivity contribution >= 4 is 41.9 Å². The maximum Gasteiger partial charge on any atom is 0.472 e. The third-order valence-electron chi connectivity index (χ3n) is 7.31. The Morgan fingerprint density at radius 2 is 1.74 bits per heavy atom. The lowest BCUT2D eigenvalue weighted by atomic mass is 10.1. The Hall–Kier alpha value is -3.62. The molecule has 3 aliphatic rings. The summed E-state index contributed by atoms with van der Waals surface area (Å²) in [5, 5.41) is 11.0. The van der Waals surface area contributed by atoms with Gasteiger partial charge in [0, 0.05) is 6.42 Å². The summed E-state index contributed by atoms with van der Waals surface area (Å²) in [5.41, 5.74) is 11.3. The number of alkyl halides is 1. The van der Waals surface area contributed by atoms with Crippen LogP contribution in [0.3, 0.4) is 0 Å². The minimum atomic E-state index is -4.82. The van der Waals surface area contributed by atoms with Gasteiger partial charge in [-0.2, -0.15) is 4.98 Å². The number of fused-ring (bicyclic) bond motifs is 5. The Morgan fingerprint density at radius 3 is 2.55 bits per heavy atom. The summed E-state index contributed by atoms with van der Waals surface area (Å²) in [5.74, 6) is -0.107. The number of aromatic amines is 1. The molecule has 4 aromatic heterocycles. The van der Waals surface area contributed by atoms with E-state index < -0.39 is 75.7 Å². The summed E-state index contributed by atoms with van der Waals surface area (Å²) in [7, 11) is -4.82. The Kier molecular flexibility index (Phi) is 6.47. The number of H-pyrrole nitrogens is 1. The lowest BCUT2D eigenvalue weighted by Gasteiger charge is -2.25. The van der Waals surface area contributed by atoms with Crippen molar-refractivity contribution in [2.45, 2.75) is 55.6 Å². The normalized spacial score (nSPS) is 35.7. The van der Waals surface area contributed by atoms with Gasteiger partial charge in [0.15, 0.2) is 41.3 Å². The quantitative estimate of drug-likeness (QED) is 0.169. The molecule has 2 bridgehead atoms. The molecule has 21 heteroatoms. The minimum Gasteiger partial charge on any atom is -0.388 e. The van der Waals surface area contributed by atoms with Crippen molar-refractivity contribution in [2.24, 2.45) is 0 Å². The van der Waals surface area contributed by atoms with Gasteiger partial charge in [0.1, 0.15) is 36.3 Å². The number of rotatable bonds is 2. The second kappa shape index (κ2) is 9.99. The van der Waals surface area contributed by atoms with Gasteiger partial charge in [-0.05, 0) is 0 Å². The molecular formula is C21H24FN10O9P. The molecule has 8 unspecified atom stereocenters. The standard InChI is InChI=1S/C21H24FN10O9P/c22-11-14-10(40-20(11)32-6-28-13-17(32)29-21(24)30-18(13)34)3-38-42(35,36)41-9-1-8(7(33)2-37-14)39-19(9)31-5-27-12-15(23)25-4-26-16(12)31/h4-11,14,19-20,33H,1-3H2,(H,35,36)(H2,23,25,26)(H3,24,29,30,34)/t7?,8?,9-,10?,11?,14?,19?,20?/m0/s1. The smallest absolute Gasteiger partial charge is 0.388 e. The molecule has 9 atom stereocenters. The first-order valence-corrected chi connectivity index (χ1v) is 14.1. The van der Waals surface area contributed by atoms with E-state index in [0.29, 0.717) is 0 Å². The second-order valence-corrected chi connectivity index (χ2v) is 11.3. The summed E-state index contributed by atoms with van der Waals surface area (Å²) >= 11 is 0. The molecule has 7 rings (SSSR count). The van der Waals surface area contributed by atoms with Gasteiger partial charge in [0.25, 0.3) is 5.56 Å². The number of nitrogens with zero attached hydrogens (tertiary/aromatic N) is 7. The van der Waals surface area contributed by atoms with E-state index in [2.05, 4.69) is 29.9 Å². The summed E-state index contributed by atoms with van der Waals surface area (Å²) in [6.45, 7) is -1.03. The van der Waals surface area contributed by atoms with E-state index in [4.69, 9.17) is 34.7 Å². The van der Waals surface area contributed by atoms with Crippen molar-refractivity contribution in [3.8, 4) is 0 Å². The van der Waals surface area contributed by atoms with Crippen LogP contribution in [0.2, 0.25) is 0 Å². The zero-order valence-electron chi connectivity index (χ0n) is 21.3. The SMILES string of the molecule is Nc1nc2c(ncn2C2OC3COP(=O)(O)O[C@H]4CC(OC4n4cnc5c(N)ncnc54)C(O)COC3C2F)c(=O)[nH]1. The Balaban J connectivity index is 1.17. The van der Waals surface area contributed by atoms with E-state index in [1.165, 1.54) is 17.2 Å². The molecule has 224 valence electrons. The first-order chi connectivity index (χ1) is 20.1. The number of imidazole rings is 2. The first kappa shape index (κ1) is 27.2. The van der Waals surface area contributed by atoms with E-state index in [9.17, 15) is 19.4 Å². The van der Waals surface area contributed by atoms with Gasteiger partial charge in [0.05, 0.1) is 32.0 Å². The highest BCUT2D eigenvalue weighted by Crippen LogP contribution is 2.51.